The van der Waals surface area contributed by atoms with Gasteiger partial charge in [-0.1, -0.05) is 0 Å². The zero-order valence-corrected chi connectivity index (χ0v) is 10.2. The van der Waals surface area contributed by atoms with E-state index in [1.54, 1.807) is 11.3 Å². The predicted molar refractivity (Wildman–Crippen MR) is 68.3 cm³/mol. The Labute approximate surface area is 99.5 Å². The smallest absolute Gasteiger partial charge is 0.0670 e. The Balaban J connectivity index is 2.81. The number of nitriles is 1. The molecule has 0 fully saturated rings. The molecule has 1 aromatic carbocycles. The Bertz CT molecular complexity index is 525. The number of nitrogens with two attached hydrogens (primary N) is 1. The molecule has 0 aliphatic carbocycles. The van der Waals surface area contributed by atoms with Crippen LogP contribution >= 0.6 is 33.9 Å². The summed E-state index contributed by atoms with van der Waals surface area (Å²) in [7, 11) is 0. The van der Waals surface area contributed by atoms with Gasteiger partial charge in [0.25, 0.3) is 0 Å². The van der Waals surface area contributed by atoms with Crippen LogP contribution in [0.4, 0.5) is 5.69 Å². The fraction of sp³-hybridized carbons (Fsp3) is 0.100. The molecule has 0 unspecified atom stereocenters. The van der Waals surface area contributed by atoms with Crippen LogP contribution in [0.5, 0.6) is 0 Å². The van der Waals surface area contributed by atoms with E-state index >= 15 is 0 Å². The molecule has 0 aliphatic rings. The third-order valence-electron chi connectivity index (χ3n) is 2.08. The first-order valence-electron chi connectivity index (χ1n) is 4.05. The lowest BCUT2D eigenvalue weighted by atomic mass is 10.1. The second-order valence-corrected chi connectivity index (χ2v) is 5.00. The van der Waals surface area contributed by atoms with Crippen molar-refractivity contribution in [2.75, 3.05) is 5.73 Å². The standard InChI is InChI=1S/C10H7IN2S/c11-8-5-9(13)10-7(2-4-14-10)6(8)1-3-12/h2,4-5H,1,13H2. The van der Waals surface area contributed by atoms with Gasteiger partial charge in [-0.15, -0.1) is 11.3 Å². The summed E-state index contributed by atoms with van der Waals surface area (Å²) in [6.07, 6.45) is 0.450. The van der Waals surface area contributed by atoms with Gasteiger partial charge < -0.3 is 5.73 Å². The first-order chi connectivity index (χ1) is 6.74. The van der Waals surface area contributed by atoms with Crippen molar-refractivity contribution in [3.63, 3.8) is 0 Å². The lowest BCUT2D eigenvalue weighted by Crippen LogP contribution is -1.92. The van der Waals surface area contributed by atoms with E-state index in [1.807, 2.05) is 17.5 Å². The van der Waals surface area contributed by atoms with Crippen molar-refractivity contribution in [3.8, 4) is 6.07 Å². The molecule has 0 bridgehead atoms. The molecule has 2 nitrogen and oxygen atoms in total. The molecule has 14 heavy (non-hydrogen) atoms. The maximum absolute atomic E-state index is 8.73. The summed E-state index contributed by atoms with van der Waals surface area (Å²) < 4.78 is 2.17. The number of hydrogen-bond acceptors (Lipinski definition) is 3. The largest absolute Gasteiger partial charge is 0.398 e. The van der Waals surface area contributed by atoms with Crippen molar-refractivity contribution in [2.24, 2.45) is 0 Å². The van der Waals surface area contributed by atoms with Crippen LogP contribution in [0.1, 0.15) is 5.56 Å². The van der Waals surface area contributed by atoms with E-state index in [0.29, 0.717) is 6.42 Å². The molecule has 2 rings (SSSR count). The second kappa shape index (κ2) is 3.75. The molecule has 1 heterocycles. The molecule has 0 aliphatic heterocycles. The number of anilines is 1. The number of benzene rings is 1. The van der Waals surface area contributed by atoms with E-state index in [4.69, 9.17) is 11.0 Å². The fourth-order valence-electron chi connectivity index (χ4n) is 1.45. The first-order valence-corrected chi connectivity index (χ1v) is 6.01. The zero-order valence-electron chi connectivity index (χ0n) is 7.25. The highest BCUT2D eigenvalue weighted by molar-refractivity contribution is 14.1. The predicted octanol–water partition coefficient (Wildman–Crippen LogP) is 3.15. The van der Waals surface area contributed by atoms with Crippen LogP contribution in [0.3, 0.4) is 0 Å². The molecule has 0 atom stereocenters. The van der Waals surface area contributed by atoms with Crippen molar-refractivity contribution >= 4 is 49.7 Å². The molecule has 70 valence electrons. The Morgan fingerprint density at radius 3 is 3.07 bits per heavy atom. The number of thiophene rings is 1. The summed E-state index contributed by atoms with van der Waals surface area (Å²) in [6, 6.07) is 6.15. The minimum absolute atomic E-state index is 0.450. The number of rotatable bonds is 1. The Morgan fingerprint density at radius 1 is 1.57 bits per heavy atom. The topological polar surface area (TPSA) is 49.8 Å². The van der Waals surface area contributed by atoms with Crippen LogP contribution < -0.4 is 5.73 Å². The summed E-state index contributed by atoms with van der Waals surface area (Å²) in [4.78, 5) is 0. The number of hydrogen-bond donors (Lipinski definition) is 1. The van der Waals surface area contributed by atoms with Gasteiger partial charge >= 0.3 is 0 Å². The molecular weight excluding hydrogens is 307 g/mol. The van der Waals surface area contributed by atoms with E-state index in [0.717, 1.165) is 24.9 Å². The molecular formula is C10H7IN2S. The van der Waals surface area contributed by atoms with Crippen LogP contribution in [-0.2, 0) is 6.42 Å². The summed E-state index contributed by atoms with van der Waals surface area (Å²) in [5, 5.41) is 11.9. The fourth-order valence-corrected chi connectivity index (χ4v) is 3.12. The summed E-state index contributed by atoms with van der Waals surface area (Å²) >= 11 is 3.85. The molecule has 2 N–H and O–H groups in total. The van der Waals surface area contributed by atoms with Crippen molar-refractivity contribution in [1.29, 1.82) is 5.26 Å². The van der Waals surface area contributed by atoms with E-state index in [1.165, 1.54) is 0 Å². The quantitative estimate of drug-likeness (QED) is 0.649. The normalized spacial score (nSPS) is 10.3. The van der Waals surface area contributed by atoms with Crippen molar-refractivity contribution in [2.45, 2.75) is 6.42 Å². The van der Waals surface area contributed by atoms with Gasteiger partial charge in [0.15, 0.2) is 0 Å². The van der Waals surface area contributed by atoms with E-state index < -0.39 is 0 Å². The number of nitrogen functional groups attached to an aromatic ring is 1. The van der Waals surface area contributed by atoms with Crippen molar-refractivity contribution < 1.29 is 0 Å². The van der Waals surface area contributed by atoms with Gasteiger partial charge in [0.1, 0.15) is 0 Å². The van der Waals surface area contributed by atoms with Crippen LogP contribution in [0.15, 0.2) is 17.5 Å². The van der Waals surface area contributed by atoms with Crippen molar-refractivity contribution in [1.82, 2.24) is 0 Å². The van der Waals surface area contributed by atoms with Gasteiger partial charge in [0.05, 0.1) is 22.9 Å². The summed E-state index contributed by atoms with van der Waals surface area (Å²) in [5.74, 6) is 0. The highest BCUT2D eigenvalue weighted by Gasteiger charge is 2.09. The van der Waals surface area contributed by atoms with Gasteiger partial charge in [-0.2, -0.15) is 5.26 Å². The van der Waals surface area contributed by atoms with E-state index in [2.05, 4.69) is 28.7 Å². The molecule has 1 aromatic heterocycles. The van der Waals surface area contributed by atoms with Crippen molar-refractivity contribution in [3.05, 3.63) is 26.6 Å². The minimum atomic E-state index is 0.450. The summed E-state index contributed by atoms with van der Waals surface area (Å²) in [6.45, 7) is 0. The lowest BCUT2D eigenvalue weighted by Gasteiger charge is -2.04. The Kier molecular flexibility index (Phi) is 2.61. The number of halogens is 1. The SMILES string of the molecule is N#CCc1c(I)cc(N)c2sccc12. The molecule has 0 spiro atoms. The second-order valence-electron chi connectivity index (χ2n) is 2.92. The third kappa shape index (κ3) is 1.47. The lowest BCUT2D eigenvalue weighted by molar-refractivity contribution is 1.27. The average molecular weight is 314 g/mol. The summed E-state index contributed by atoms with van der Waals surface area (Å²) in [5.41, 5.74) is 7.79. The maximum atomic E-state index is 8.73. The van der Waals surface area contributed by atoms with Gasteiger partial charge in [-0.3, -0.25) is 0 Å². The third-order valence-corrected chi connectivity index (χ3v) is 4.00. The van der Waals surface area contributed by atoms with Crippen LogP contribution in [0.2, 0.25) is 0 Å². The maximum Gasteiger partial charge on any atom is 0.0670 e. The Hall–Kier alpha value is -0.800. The van der Waals surface area contributed by atoms with Crippen LogP contribution in [0.25, 0.3) is 10.1 Å². The average Bonchev–Trinajstić information content (AvgIpc) is 2.60. The van der Waals surface area contributed by atoms with Gasteiger partial charge in [-0.05, 0) is 51.1 Å². The highest BCUT2D eigenvalue weighted by Crippen LogP contribution is 2.33. The highest BCUT2D eigenvalue weighted by atomic mass is 127. The molecule has 4 heteroatoms. The van der Waals surface area contributed by atoms with Gasteiger partial charge in [0.2, 0.25) is 0 Å². The van der Waals surface area contributed by atoms with Gasteiger partial charge in [0, 0.05) is 3.57 Å². The minimum Gasteiger partial charge on any atom is -0.398 e. The van der Waals surface area contributed by atoms with E-state index in [9.17, 15) is 0 Å². The van der Waals surface area contributed by atoms with Crippen LogP contribution in [0, 0.1) is 14.9 Å². The first kappa shape index (κ1) is 9.74. The van der Waals surface area contributed by atoms with E-state index in [-0.39, 0.29) is 0 Å². The molecule has 0 saturated carbocycles. The van der Waals surface area contributed by atoms with Crippen LogP contribution in [-0.4, -0.2) is 0 Å². The zero-order chi connectivity index (χ0) is 10.1. The molecule has 2 aromatic rings. The molecule has 0 saturated heterocycles. The number of fused-ring (bicyclic) bond motifs is 1. The Morgan fingerprint density at radius 2 is 2.36 bits per heavy atom. The van der Waals surface area contributed by atoms with Gasteiger partial charge in [-0.25, -0.2) is 0 Å². The molecule has 0 radical (unpaired) electrons. The number of nitrogens with zero attached hydrogens (tertiary/aromatic N) is 1. The molecule has 0 amide bonds. The monoisotopic (exact) mass is 314 g/mol.